The number of hydrogen-bond donors (Lipinski definition) is 1. The van der Waals surface area contributed by atoms with E-state index in [-0.39, 0.29) is 6.03 Å². The van der Waals surface area contributed by atoms with Crippen molar-refractivity contribution in [3.8, 4) is 5.75 Å². The smallest absolute Gasteiger partial charge is 0.324 e. The first kappa shape index (κ1) is 22.9. The molecule has 0 spiro atoms. The normalized spacial score (nSPS) is 14.0. The van der Waals surface area contributed by atoms with Crippen molar-refractivity contribution in [2.24, 2.45) is 5.92 Å². The molecule has 3 aromatic carbocycles. The Balaban J connectivity index is 1.22. The second-order valence-electron chi connectivity index (χ2n) is 8.32. The molecule has 1 saturated heterocycles. The third-order valence-corrected chi connectivity index (χ3v) is 6.18. The molecule has 0 bridgehead atoms. The first-order valence-electron chi connectivity index (χ1n) is 11.2. The van der Waals surface area contributed by atoms with Gasteiger partial charge in [0, 0.05) is 23.7 Å². The molecule has 1 heterocycles. The Bertz CT molecular complexity index is 1060. The van der Waals surface area contributed by atoms with Gasteiger partial charge in [-0.25, -0.2) is 4.79 Å². The zero-order chi connectivity index (χ0) is 23.0. The van der Waals surface area contributed by atoms with E-state index in [9.17, 15) is 9.59 Å². The SMILES string of the molecule is O=C(NC(=O)N1CCC(Cc2ccc(Cl)cc2)CC1)c1ccc(OCc2ccccc2)cc1. The van der Waals surface area contributed by atoms with E-state index in [1.54, 1.807) is 29.2 Å². The molecule has 0 radical (unpaired) electrons. The molecule has 6 heteroatoms. The Morgan fingerprint density at radius 3 is 2.21 bits per heavy atom. The quantitative estimate of drug-likeness (QED) is 0.509. The predicted octanol–water partition coefficient (Wildman–Crippen LogP) is 5.72. The summed E-state index contributed by atoms with van der Waals surface area (Å²) in [6.45, 7) is 1.74. The van der Waals surface area contributed by atoms with Crippen LogP contribution < -0.4 is 10.1 Å². The van der Waals surface area contributed by atoms with Crippen LogP contribution in [0.25, 0.3) is 0 Å². The van der Waals surface area contributed by atoms with Gasteiger partial charge in [-0.15, -0.1) is 0 Å². The van der Waals surface area contributed by atoms with Crippen LogP contribution in [0.2, 0.25) is 5.02 Å². The van der Waals surface area contributed by atoms with Crippen LogP contribution in [0.5, 0.6) is 5.75 Å². The third kappa shape index (κ3) is 6.59. The number of carbonyl (C=O) groups excluding carboxylic acids is 2. The predicted molar refractivity (Wildman–Crippen MR) is 130 cm³/mol. The molecule has 5 nitrogen and oxygen atoms in total. The number of rotatable bonds is 6. The number of halogens is 1. The molecule has 3 amide bonds. The monoisotopic (exact) mass is 462 g/mol. The Morgan fingerprint density at radius 2 is 1.55 bits per heavy atom. The summed E-state index contributed by atoms with van der Waals surface area (Å²) in [6, 6.07) is 24.3. The van der Waals surface area contributed by atoms with Gasteiger partial charge in [-0.3, -0.25) is 10.1 Å². The highest BCUT2D eigenvalue weighted by molar-refractivity contribution is 6.30. The summed E-state index contributed by atoms with van der Waals surface area (Å²) in [5.74, 6) is 0.789. The first-order chi connectivity index (χ1) is 16.1. The minimum absolute atomic E-state index is 0.339. The van der Waals surface area contributed by atoms with E-state index < -0.39 is 5.91 Å². The molecule has 0 saturated carbocycles. The lowest BCUT2D eigenvalue weighted by Gasteiger charge is -2.31. The number of piperidine rings is 1. The molecule has 1 N–H and O–H groups in total. The summed E-state index contributed by atoms with van der Waals surface area (Å²) in [5, 5.41) is 3.25. The maximum Gasteiger partial charge on any atom is 0.324 e. The first-order valence-corrected chi connectivity index (χ1v) is 11.6. The Morgan fingerprint density at radius 1 is 0.879 bits per heavy atom. The number of nitrogens with zero attached hydrogens (tertiary/aromatic N) is 1. The van der Waals surface area contributed by atoms with E-state index in [1.807, 2.05) is 42.5 Å². The number of urea groups is 1. The highest BCUT2D eigenvalue weighted by atomic mass is 35.5. The van der Waals surface area contributed by atoms with E-state index in [2.05, 4.69) is 17.4 Å². The van der Waals surface area contributed by atoms with Crippen LogP contribution in [0.4, 0.5) is 4.79 Å². The lowest BCUT2D eigenvalue weighted by Crippen LogP contribution is -2.46. The summed E-state index contributed by atoms with van der Waals surface area (Å²) in [7, 11) is 0. The van der Waals surface area contributed by atoms with Gasteiger partial charge in [0.05, 0.1) is 0 Å². The molecule has 0 atom stereocenters. The molecule has 1 aliphatic rings. The number of carbonyl (C=O) groups is 2. The van der Waals surface area contributed by atoms with Crippen molar-refractivity contribution in [3.63, 3.8) is 0 Å². The molecular weight excluding hydrogens is 436 g/mol. The van der Waals surface area contributed by atoms with Gasteiger partial charge in [-0.05, 0) is 72.7 Å². The van der Waals surface area contributed by atoms with E-state index in [0.29, 0.717) is 36.9 Å². The van der Waals surface area contributed by atoms with E-state index in [4.69, 9.17) is 16.3 Å². The maximum absolute atomic E-state index is 12.6. The largest absolute Gasteiger partial charge is 0.489 e. The summed E-state index contributed by atoms with van der Waals surface area (Å²) in [4.78, 5) is 26.8. The Kier molecular flexibility index (Phi) is 7.63. The van der Waals surface area contributed by atoms with Gasteiger partial charge >= 0.3 is 6.03 Å². The topological polar surface area (TPSA) is 58.6 Å². The number of hydrogen-bond acceptors (Lipinski definition) is 3. The van der Waals surface area contributed by atoms with Crippen LogP contribution in [-0.2, 0) is 13.0 Å². The minimum atomic E-state index is -0.405. The summed E-state index contributed by atoms with van der Waals surface area (Å²) in [6.07, 6.45) is 2.81. The van der Waals surface area contributed by atoms with Crippen LogP contribution in [0, 0.1) is 5.92 Å². The minimum Gasteiger partial charge on any atom is -0.489 e. The molecule has 1 fully saturated rings. The Labute approximate surface area is 199 Å². The molecule has 0 aliphatic carbocycles. The van der Waals surface area contributed by atoms with Crippen molar-refractivity contribution in [2.75, 3.05) is 13.1 Å². The number of nitrogens with one attached hydrogen (secondary N) is 1. The average molecular weight is 463 g/mol. The standard InChI is InChI=1S/C27H27ClN2O3/c28-24-10-6-20(7-11-24)18-21-14-16-30(17-15-21)27(32)29-26(31)23-8-12-25(13-9-23)33-19-22-4-2-1-3-5-22/h1-13,21H,14-19H2,(H,29,31,32). The maximum atomic E-state index is 12.6. The highest BCUT2D eigenvalue weighted by Crippen LogP contribution is 2.23. The fraction of sp³-hybridized carbons (Fsp3) is 0.259. The molecule has 1 aliphatic heterocycles. The molecular formula is C27H27ClN2O3. The fourth-order valence-electron chi connectivity index (χ4n) is 3.99. The van der Waals surface area contributed by atoms with Crippen molar-refractivity contribution < 1.29 is 14.3 Å². The van der Waals surface area contributed by atoms with Crippen molar-refractivity contribution in [1.82, 2.24) is 10.2 Å². The fourth-order valence-corrected chi connectivity index (χ4v) is 4.11. The van der Waals surface area contributed by atoms with Crippen molar-refractivity contribution >= 4 is 23.5 Å². The van der Waals surface area contributed by atoms with Gasteiger partial charge in [-0.1, -0.05) is 54.1 Å². The van der Waals surface area contributed by atoms with Crippen LogP contribution in [-0.4, -0.2) is 29.9 Å². The van der Waals surface area contributed by atoms with E-state index in [1.165, 1.54) is 5.56 Å². The van der Waals surface area contributed by atoms with Gasteiger partial charge in [-0.2, -0.15) is 0 Å². The van der Waals surface area contributed by atoms with Crippen molar-refractivity contribution in [1.29, 1.82) is 0 Å². The second-order valence-corrected chi connectivity index (χ2v) is 8.76. The number of benzene rings is 3. The molecule has 0 unspecified atom stereocenters. The van der Waals surface area contributed by atoms with Gasteiger partial charge in [0.2, 0.25) is 0 Å². The molecule has 3 aromatic rings. The second kappa shape index (κ2) is 11.0. The lowest BCUT2D eigenvalue weighted by atomic mass is 9.90. The summed E-state index contributed by atoms with van der Waals surface area (Å²) >= 11 is 5.95. The van der Waals surface area contributed by atoms with Crippen LogP contribution in [0.1, 0.15) is 34.3 Å². The van der Waals surface area contributed by atoms with Crippen LogP contribution in [0.3, 0.4) is 0 Å². The van der Waals surface area contributed by atoms with E-state index >= 15 is 0 Å². The molecule has 170 valence electrons. The van der Waals surface area contributed by atoms with Gasteiger partial charge in [0.1, 0.15) is 12.4 Å². The number of amides is 3. The van der Waals surface area contributed by atoms with Gasteiger partial charge in [0.15, 0.2) is 0 Å². The van der Waals surface area contributed by atoms with Crippen molar-refractivity contribution in [3.05, 3.63) is 101 Å². The van der Waals surface area contributed by atoms with Crippen molar-refractivity contribution in [2.45, 2.75) is 25.9 Å². The molecule has 4 rings (SSSR count). The van der Waals surface area contributed by atoms with Gasteiger partial charge < -0.3 is 9.64 Å². The molecule has 33 heavy (non-hydrogen) atoms. The van der Waals surface area contributed by atoms with Gasteiger partial charge in [0.25, 0.3) is 5.91 Å². The number of imide groups is 1. The highest BCUT2D eigenvalue weighted by Gasteiger charge is 2.24. The van der Waals surface area contributed by atoms with Crippen LogP contribution in [0.15, 0.2) is 78.9 Å². The lowest BCUT2D eigenvalue weighted by molar-refractivity contribution is 0.0945. The molecule has 0 aromatic heterocycles. The summed E-state index contributed by atoms with van der Waals surface area (Å²) < 4.78 is 5.75. The average Bonchev–Trinajstić information content (AvgIpc) is 2.85. The summed E-state index contributed by atoms with van der Waals surface area (Å²) in [5.41, 5.74) is 2.75. The number of ether oxygens (including phenoxy) is 1. The Hall–Kier alpha value is -3.31. The zero-order valence-electron chi connectivity index (χ0n) is 18.4. The third-order valence-electron chi connectivity index (χ3n) is 5.92. The number of likely N-dealkylation sites (tertiary alicyclic amines) is 1. The van der Waals surface area contributed by atoms with Crippen LogP contribution >= 0.6 is 11.6 Å². The zero-order valence-corrected chi connectivity index (χ0v) is 19.1. The van der Waals surface area contributed by atoms with E-state index in [0.717, 1.165) is 29.8 Å².